The van der Waals surface area contributed by atoms with Crippen molar-refractivity contribution in [2.75, 3.05) is 31.7 Å². The van der Waals surface area contributed by atoms with Crippen molar-refractivity contribution in [3.63, 3.8) is 0 Å². The van der Waals surface area contributed by atoms with Gasteiger partial charge in [-0.25, -0.2) is 0 Å². The van der Waals surface area contributed by atoms with Gasteiger partial charge in [0.2, 0.25) is 5.91 Å². The monoisotopic (exact) mass is 305 g/mol. The largest absolute Gasteiger partial charge is 0.497 e. The highest BCUT2D eigenvalue weighted by Crippen LogP contribution is 2.20. The number of rotatable bonds is 4. The summed E-state index contributed by atoms with van der Waals surface area (Å²) in [4.78, 5) is 14.1. The Morgan fingerprint density at radius 1 is 1.38 bits per heavy atom. The minimum Gasteiger partial charge on any atom is -0.497 e. The highest BCUT2D eigenvalue weighted by molar-refractivity contribution is 7.99. The number of nitrogens with zero attached hydrogens (tertiary/aromatic N) is 3. The second-order valence-electron chi connectivity index (χ2n) is 5.04. The molecular formula is C15H19N3O2S. The van der Waals surface area contributed by atoms with Gasteiger partial charge in [0.1, 0.15) is 5.75 Å². The average Bonchev–Trinajstić information content (AvgIpc) is 2.95. The maximum absolute atomic E-state index is 12.2. The van der Waals surface area contributed by atoms with Crippen LogP contribution in [0.1, 0.15) is 6.42 Å². The number of fused-ring (bicyclic) bond motifs is 1. The van der Waals surface area contributed by atoms with E-state index in [0.717, 1.165) is 41.2 Å². The second kappa shape index (κ2) is 6.39. The van der Waals surface area contributed by atoms with E-state index >= 15 is 0 Å². The topological polar surface area (TPSA) is 47.4 Å². The van der Waals surface area contributed by atoms with Gasteiger partial charge in [0.15, 0.2) is 0 Å². The Hall–Kier alpha value is -1.69. The molecule has 0 N–H and O–H groups in total. The number of aromatic nitrogens is 2. The van der Waals surface area contributed by atoms with E-state index in [1.54, 1.807) is 7.11 Å². The van der Waals surface area contributed by atoms with Crippen LogP contribution in [0.5, 0.6) is 5.75 Å². The first kappa shape index (κ1) is 14.3. The Bertz CT molecular complexity index is 635. The third-order valence-electron chi connectivity index (χ3n) is 3.75. The van der Waals surface area contributed by atoms with E-state index in [-0.39, 0.29) is 5.91 Å². The van der Waals surface area contributed by atoms with Crippen LogP contribution >= 0.6 is 11.8 Å². The predicted molar refractivity (Wildman–Crippen MR) is 84.8 cm³/mol. The number of hydrogen-bond acceptors (Lipinski definition) is 4. The molecule has 1 aliphatic heterocycles. The van der Waals surface area contributed by atoms with E-state index in [0.29, 0.717) is 13.0 Å². The van der Waals surface area contributed by atoms with Crippen molar-refractivity contribution in [1.82, 2.24) is 14.7 Å². The summed E-state index contributed by atoms with van der Waals surface area (Å²) in [7, 11) is 1.65. The molecule has 0 bridgehead atoms. The van der Waals surface area contributed by atoms with Crippen molar-refractivity contribution in [2.24, 2.45) is 0 Å². The molecule has 0 radical (unpaired) electrons. The van der Waals surface area contributed by atoms with E-state index < -0.39 is 0 Å². The molecule has 1 fully saturated rings. The molecular weight excluding hydrogens is 286 g/mol. The standard InChI is InChI=1S/C15H19N3O2S/c1-20-13-2-3-14-12(10-13)11-16-18(14)5-4-15(19)17-6-8-21-9-7-17/h2-3,10-11H,4-9H2,1H3. The lowest BCUT2D eigenvalue weighted by atomic mass is 10.2. The number of carbonyl (C=O) groups excluding carboxylic acids is 1. The average molecular weight is 305 g/mol. The van der Waals surface area contributed by atoms with Crippen molar-refractivity contribution in [3.05, 3.63) is 24.4 Å². The number of amides is 1. The van der Waals surface area contributed by atoms with Crippen molar-refractivity contribution < 1.29 is 9.53 Å². The third-order valence-corrected chi connectivity index (χ3v) is 4.69. The van der Waals surface area contributed by atoms with Gasteiger partial charge in [-0.2, -0.15) is 16.9 Å². The fourth-order valence-electron chi connectivity index (χ4n) is 2.54. The van der Waals surface area contributed by atoms with Crippen LogP contribution in [-0.2, 0) is 11.3 Å². The number of ether oxygens (including phenoxy) is 1. The number of methoxy groups -OCH3 is 1. The minimum absolute atomic E-state index is 0.229. The van der Waals surface area contributed by atoms with E-state index in [4.69, 9.17) is 4.74 Å². The summed E-state index contributed by atoms with van der Waals surface area (Å²) in [5.74, 6) is 3.16. The first-order valence-corrected chi connectivity index (χ1v) is 8.28. The molecule has 112 valence electrons. The van der Waals surface area contributed by atoms with Gasteiger partial charge in [-0.1, -0.05) is 0 Å². The van der Waals surface area contributed by atoms with Crippen LogP contribution in [0.25, 0.3) is 10.9 Å². The summed E-state index contributed by atoms with van der Waals surface area (Å²) in [5.41, 5.74) is 1.04. The zero-order valence-corrected chi connectivity index (χ0v) is 12.9. The molecule has 0 aliphatic carbocycles. The van der Waals surface area contributed by atoms with Crippen LogP contribution in [0.4, 0.5) is 0 Å². The maximum Gasteiger partial charge on any atom is 0.224 e. The SMILES string of the molecule is COc1ccc2c(cnn2CCC(=O)N2CCSCC2)c1. The van der Waals surface area contributed by atoms with Gasteiger partial charge in [-0.15, -0.1) is 0 Å². The van der Waals surface area contributed by atoms with Gasteiger partial charge in [0.05, 0.1) is 25.4 Å². The molecule has 1 aromatic heterocycles. The van der Waals surface area contributed by atoms with E-state index in [9.17, 15) is 4.79 Å². The van der Waals surface area contributed by atoms with Gasteiger partial charge >= 0.3 is 0 Å². The lowest BCUT2D eigenvalue weighted by Gasteiger charge is -2.26. The van der Waals surface area contributed by atoms with Crippen molar-refractivity contribution in [1.29, 1.82) is 0 Å². The maximum atomic E-state index is 12.2. The molecule has 0 saturated carbocycles. The first-order chi connectivity index (χ1) is 10.3. The summed E-state index contributed by atoms with van der Waals surface area (Å²) in [6.45, 7) is 2.37. The van der Waals surface area contributed by atoms with Crippen molar-refractivity contribution in [2.45, 2.75) is 13.0 Å². The summed E-state index contributed by atoms with van der Waals surface area (Å²) < 4.78 is 7.10. The lowest BCUT2D eigenvalue weighted by molar-refractivity contribution is -0.131. The fourth-order valence-corrected chi connectivity index (χ4v) is 3.45. The quantitative estimate of drug-likeness (QED) is 0.867. The van der Waals surface area contributed by atoms with Crippen LogP contribution in [-0.4, -0.2) is 52.3 Å². The molecule has 2 heterocycles. The van der Waals surface area contributed by atoms with Gasteiger partial charge in [0.25, 0.3) is 0 Å². The highest BCUT2D eigenvalue weighted by atomic mass is 32.2. The zero-order valence-electron chi connectivity index (χ0n) is 12.1. The Kier molecular flexibility index (Phi) is 4.34. The molecule has 1 amide bonds. The van der Waals surface area contributed by atoms with Gasteiger partial charge in [-0.05, 0) is 18.2 Å². The zero-order chi connectivity index (χ0) is 14.7. The molecule has 0 spiro atoms. The number of hydrogen-bond donors (Lipinski definition) is 0. The van der Waals surface area contributed by atoms with Crippen LogP contribution < -0.4 is 4.74 Å². The van der Waals surface area contributed by atoms with Crippen LogP contribution in [0.15, 0.2) is 24.4 Å². The molecule has 1 aromatic carbocycles. The molecule has 6 heteroatoms. The van der Waals surface area contributed by atoms with Gasteiger partial charge < -0.3 is 9.64 Å². The smallest absolute Gasteiger partial charge is 0.224 e. The summed E-state index contributed by atoms with van der Waals surface area (Å²) in [5, 5.41) is 5.41. The number of carbonyl (C=O) groups is 1. The third kappa shape index (κ3) is 3.15. The normalized spacial score (nSPS) is 15.4. The van der Waals surface area contributed by atoms with Gasteiger partial charge in [-0.3, -0.25) is 9.48 Å². The number of benzene rings is 1. The molecule has 0 unspecified atom stereocenters. The van der Waals surface area contributed by atoms with Crippen LogP contribution in [0.2, 0.25) is 0 Å². The fraction of sp³-hybridized carbons (Fsp3) is 0.467. The Labute approximate surface area is 128 Å². The van der Waals surface area contributed by atoms with E-state index in [2.05, 4.69) is 5.10 Å². The van der Waals surface area contributed by atoms with Crippen molar-refractivity contribution in [3.8, 4) is 5.75 Å². The molecule has 1 saturated heterocycles. The number of thioether (sulfide) groups is 1. The minimum atomic E-state index is 0.229. The number of aryl methyl sites for hydroxylation is 1. The Morgan fingerprint density at radius 2 is 2.19 bits per heavy atom. The molecule has 3 rings (SSSR count). The molecule has 0 atom stereocenters. The molecule has 2 aromatic rings. The highest BCUT2D eigenvalue weighted by Gasteiger charge is 2.16. The molecule has 21 heavy (non-hydrogen) atoms. The Morgan fingerprint density at radius 3 is 2.95 bits per heavy atom. The predicted octanol–water partition coefficient (Wildman–Crippen LogP) is 2.01. The van der Waals surface area contributed by atoms with Crippen molar-refractivity contribution >= 4 is 28.6 Å². The second-order valence-corrected chi connectivity index (χ2v) is 6.26. The summed E-state index contributed by atoms with van der Waals surface area (Å²) >= 11 is 1.91. The Balaban J connectivity index is 1.66. The molecule has 5 nitrogen and oxygen atoms in total. The summed E-state index contributed by atoms with van der Waals surface area (Å²) in [6.07, 6.45) is 2.33. The van der Waals surface area contributed by atoms with Crippen LogP contribution in [0.3, 0.4) is 0 Å². The van der Waals surface area contributed by atoms with E-state index in [1.807, 2.05) is 45.7 Å². The summed E-state index contributed by atoms with van der Waals surface area (Å²) in [6, 6.07) is 5.87. The molecule has 1 aliphatic rings. The van der Waals surface area contributed by atoms with Crippen LogP contribution in [0, 0.1) is 0 Å². The van der Waals surface area contributed by atoms with E-state index in [1.165, 1.54) is 0 Å². The van der Waals surface area contributed by atoms with Gasteiger partial charge in [0, 0.05) is 36.4 Å². The lowest BCUT2D eigenvalue weighted by Crippen LogP contribution is -2.38. The first-order valence-electron chi connectivity index (χ1n) is 7.13.